The van der Waals surface area contributed by atoms with E-state index in [2.05, 4.69) is 11.2 Å². The van der Waals surface area contributed by atoms with Gasteiger partial charge in [-0.15, -0.1) is 0 Å². The van der Waals surface area contributed by atoms with E-state index in [4.69, 9.17) is 5.11 Å². The summed E-state index contributed by atoms with van der Waals surface area (Å²) in [7, 11) is 0. The largest absolute Gasteiger partial charge is 0.428 e. The van der Waals surface area contributed by atoms with Gasteiger partial charge in [-0.05, 0) is 18.6 Å². The number of carbonyl (C=O) groups excluding carboxylic acids is 2. The molecule has 2 N–H and O–H groups in total. The number of rotatable bonds is 4. The average molecular weight is 313 g/mol. The lowest BCUT2D eigenvalue weighted by molar-refractivity contribution is -0.228. The molecule has 0 aliphatic heterocycles. The summed E-state index contributed by atoms with van der Waals surface area (Å²) in [5.41, 5.74) is -2.10. The fraction of sp³-hybridized carbons (Fsp3) is 0.333. The van der Waals surface area contributed by atoms with Gasteiger partial charge in [-0.3, -0.25) is 9.59 Å². The number of halogens is 3. The van der Waals surface area contributed by atoms with Crippen LogP contribution in [0.2, 0.25) is 0 Å². The Hall–Kier alpha value is -2.33. The number of hydrogen-bond donors (Lipinski definition) is 2. The summed E-state index contributed by atoms with van der Waals surface area (Å²) >= 11 is 0. The van der Waals surface area contributed by atoms with Gasteiger partial charge in [0.2, 0.25) is 11.5 Å². The zero-order valence-electron chi connectivity index (χ0n) is 11.7. The number of aldehydes is 1. The SMILES string of the molecule is CC(O)(C#CCNC(=O)Cc1cccc(C=O)c1)C(F)(F)F. The van der Waals surface area contributed by atoms with Crippen molar-refractivity contribution >= 4 is 12.2 Å². The maximum Gasteiger partial charge on any atom is 0.428 e. The van der Waals surface area contributed by atoms with Gasteiger partial charge in [-0.2, -0.15) is 13.2 Å². The zero-order valence-corrected chi connectivity index (χ0v) is 11.7. The van der Waals surface area contributed by atoms with Gasteiger partial charge in [0.05, 0.1) is 13.0 Å². The van der Waals surface area contributed by atoms with Crippen LogP contribution in [0.5, 0.6) is 0 Å². The number of benzene rings is 1. The van der Waals surface area contributed by atoms with Crippen molar-refractivity contribution in [1.82, 2.24) is 5.32 Å². The Balaban J connectivity index is 2.53. The van der Waals surface area contributed by atoms with Crippen LogP contribution in [0.25, 0.3) is 0 Å². The summed E-state index contributed by atoms with van der Waals surface area (Å²) in [6.45, 7) is 0.213. The van der Waals surface area contributed by atoms with Crippen molar-refractivity contribution in [3.8, 4) is 11.8 Å². The first kappa shape index (κ1) is 17.7. The number of aliphatic hydroxyl groups is 1. The maximum absolute atomic E-state index is 12.3. The third-order valence-corrected chi connectivity index (χ3v) is 2.71. The standard InChI is InChI=1S/C15H14F3NO3/c1-14(22,15(16,17)18)6-3-7-19-13(21)9-11-4-2-5-12(8-11)10-20/h2,4-5,8,10,22H,7,9H2,1H3,(H,19,21). The fourth-order valence-electron chi connectivity index (χ4n) is 1.45. The molecule has 1 aromatic rings. The maximum atomic E-state index is 12.3. The lowest BCUT2D eigenvalue weighted by atomic mass is 10.1. The van der Waals surface area contributed by atoms with E-state index in [1.807, 2.05) is 0 Å². The number of amides is 1. The van der Waals surface area contributed by atoms with Gasteiger partial charge in [0.15, 0.2) is 0 Å². The fourth-order valence-corrected chi connectivity index (χ4v) is 1.45. The minimum atomic E-state index is -4.86. The third kappa shape index (κ3) is 5.22. The van der Waals surface area contributed by atoms with Crippen LogP contribution < -0.4 is 5.32 Å². The summed E-state index contributed by atoms with van der Waals surface area (Å²) in [6, 6.07) is 6.38. The molecule has 1 atom stereocenters. The Kier molecular flexibility index (Phi) is 5.71. The van der Waals surface area contributed by atoms with Crippen molar-refractivity contribution in [3.63, 3.8) is 0 Å². The van der Waals surface area contributed by atoms with Gasteiger partial charge in [0.25, 0.3) is 0 Å². The summed E-state index contributed by atoms with van der Waals surface area (Å²) in [6.07, 6.45) is -4.25. The first-order chi connectivity index (χ1) is 10.2. The van der Waals surface area contributed by atoms with Crippen LogP contribution in [0.1, 0.15) is 22.8 Å². The van der Waals surface area contributed by atoms with Gasteiger partial charge < -0.3 is 10.4 Å². The van der Waals surface area contributed by atoms with Crippen molar-refractivity contribution < 1.29 is 27.9 Å². The highest BCUT2D eigenvalue weighted by Crippen LogP contribution is 2.28. The second-order valence-corrected chi connectivity index (χ2v) is 4.69. The number of hydrogen-bond acceptors (Lipinski definition) is 3. The average Bonchev–Trinajstić information content (AvgIpc) is 2.42. The monoisotopic (exact) mass is 313 g/mol. The molecule has 0 aliphatic carbocycles. The van der Waals surface area contributed by atoms with Gasteiger partial charge in [0, 0.05) is 5.56 Å². The van der Waals surface area contributed by atoms with Gasteiger partial charge >= 0.3 is 6.18 Å². The molecule has 0 radical (unpaired) electrons. The van der Waals surface area contributed by atoms with Crippen molar-refractivity contribution in [3.05, 3.63) is 35.4 Å². The first-order valence-corrected chi connectivity index (χ1v) is 6.25. The van der Waals surface area contributed by atoms with E-state index in [1.54, 1.807) is 24.1 Å². The van der Waals surface area contributed by atoms with E-state index < -0.39 is 17.7 Å². The second-order valence-electron chi connectivity index (χ2n) is 4.69. The first-order valence-electron chi connectivity index (χ1n) is 6.25. The van der Waals surface area contributed by atoms with Crippen LogP contribution >= 0.6 is 0 Å². The number of nitrogens with one attached hydrogen (secondary N) is 1. The Morgan fingerprint density at radius 1 is 1.41 bits per heavy atom. The highest BCUT2D eigenvalue weighted by Gasteiger charge is 2.48. The van der Waals surface area contributed by atoms with E-state index in [9.17, 15) is 22.8 Å². The van der Waals surface area contributed by atoms with E-state index in [0.29, 0.717) is 24.3 Å². The highest BCUT2D eigenvalue weighted by molar-refractivity contribution is 5.80. The smallest absolute Gasteiger partial charge is 0.370 e. The molecule has 22 heavy (non-hydrogen) atoms. The van der Waals surface area contributed by atoms with Gasteiger partial charge in [-0.1, -0.05) is 30.0 Å². The predicted octanol–water partition coefficient (Wildman–Crippen LogP) is 1.47. The van der Waals surface area contributed by atoms with Crippen LogP contribution in [0.15, 0.2) is 24.3 Å². The van der Waals surface area contributed by atoms with Crippen molar-refractivity contribution in [1.29, 1.82) is 0 Å². The summed E-state index contributed by atoms with van der Waals surface area (Å²) in [5.74, 6) is 3.26. The molecule has 0 aliphatic rings. The Labute approximate surface area is 125 Å². The number of carbonyl (C=O) groups is 2. The van der Waals surface area contributed by atoms with Crippen molar-refractivity contribution in [2.45, 2.75) is 25.1 Å². The van der Waals surface area contributed by atoms with Gasteiger partial charge in [-0.25, -0.2) is 0 Å². The molecule has 1 amide bonds. The molecule has 0 bridgehead atoms. The summed E-state index contributed by atoms with van der Waals surface area (Å²) in [5, 5.41) is 11.4. The number of alkyl halides is 3. The van der Waals surface area contributed by atoms with E-state index in [0.717, 1.165) is 0 Å². The topological polar surface area (TPSA) is 66.4 Å². The molecule has 0 fully saturated rings. The Morgan fingerprint density at radius 2 is 2.09 bits per heavy atom. The molecule has 0 spiro atoms. The zero-order chi connectivity index (χ0) is 16.8. The molecule has 4 nitrogen and oxygen atoms in total. The molecule has 0 aromatic heterocycles. The summed E-state index contributed by atoms with van der Waals surface area (Å²) in [4.78, 5) is 22.2. The minimum Gasteiger partial charge on any atom is -0.370 e. The van der Waals surface area contributed by atoms with Crippen LogP contribution in [-0.2, 0) is 11.2 Å². The Bertz CT molecular complexity index is 612. The molecule has 0 saturated carbocycles. The molecule has 1 rings (SSSR count). The van der Waals surface area contributed by atoms with Crippen molar-refractivity contribution in [2.24, 2.45) is 0 Å². The molecule has 1 unspecified atom stereocenters. The predicted molar refractivity (Wildman–Crippen MR) is 73.0 cm³/mol. The normalized spacial score (nSPS) is 13.5. The molecule has 0 heterocycles. The van der Waals surface area contributed by atoms with Crippen LogP contribution in [-0.4, -0.2) is 35.6 Å². The van der Waals surface area contributed by atoms with E-state index >= 15 is 0 Å². The molecule has 0 saturated heterocycles. The van der Waals surface area contributed by atoms with Crippen LogP contribution in [0.4, 0.5) is 13.2 Å². The quantitative estimate of drug-likeness (QED) is 0.653. The molecule has 7 heteroatoms. The Morgan fingerprint density at radius 3 is 2.68 bits per heavy atom. The molecule has 118 valence electrons. The lowest BCUT2D eigenvalue weighted by Gasteiger charge is -2.19. The van der Waals surface area contributed by atoms with Crippen LogP contribution in [0, 0.1) is 11.8 Å². The summed E-state index contributed by atoms with van der Waals surface area (Å²) < 4.78 is 36.9. The molecular formula is C15H14F3NO3. The van der Waals surface area contributed by atoms with E-state index in [1.165, 1.54) is 6.07 Å². The van der Waals surface area contributed by atoms with Crippen molar-refractivity contribution in [2.75, 3.05) is 6.54 Å². The van der Waals surface area contributed by atoms with Crippen LogP contribution in [0.3, 0.4) is 0 Å². The minimum absolute atomic E-state index is 0.0287. The van der Waals surface area contributed by atoms with E-state index in [-0.39, 0.29) is 13.0 Å². The third-order valence-electron chi connectivity index (χ3n) is 2.71. The molecular weight excluding hydrogens is 299 g/mol. The van der Waals surface area contributed by atoms with Gasteiger partial charge in [0.1, 0.15) is 6.29 Å². The molecule has 1 aromatic carbocycles. The lowest BCUT2D eigenvalue weighted by Crippen LogP contribution is -2.40. The highest BCUT2D eigenvalue weighted by atomic mass is 19.4. The second kappa shape index (κ2) is 7.09.